The van der Waals surface area contributed by atoms with Gasteiger partial charge in [0.1, 0.15) is 10.8 Å². The number of amides is 2. The monoisotopic (exact) mass is 977 g/mol. The second-order valence-corrected chi connectivity index (χ2v) is 18.4. The molecule has 0 saturated carbocycles. The Balaban J connectivity index is 0.000000365. The van der Waals surface area contributed by atoms with Crippen LogP contribution in [0.4, 0.5) is 11.4 Å². The van der Waals surface area contributed by atoms with E-state index in [4.69, 9.17) is 24.3 Å². The maximum Gasteiger partial charge on any atom is 0.260 e. The summed E-state index contributed by atoms with van der Waals surface area (Å²) in [5.41, 5.74) is 5.07. The number of benzene rings is 2. The number of aromatic nitrogens is 1. The SMILES string of the molecule is CC(C)(CO[C-]=O)SSc1ccccn1.COc1cc2c(cc1OCCCCCOc1cc3c(cc1C)C(=O)N1C=C(C)C[C@H]1C(O)[N-]3)N=C[C@@H]1CC(C)=CN1C2=O.C[N+](=O)[O-].[Y]. The van der Waals surface area contributed by atoms with E-state index in [2.05, 4.69) is 20.0 Å². The number of hydrogen-bond acceptors (Lipinski definition) is 14. The minimum atomic E-state index is -0.987. The number of carbonyl (C=O) groups excluding carboxylic acids is 3. The number of unbranched alkanes of at least 4 members (excludes halogenated alkanes) is 2. The summed E-state index contributed by atoms with van der Waals surface area (Å²) < 4.78 is 22.1. The van der Waals surface area contributed by atoms with Crippen molar-refractivity contribution >= 4 is 57.5 Å². The second kappa shape index (κ2) is 24.0. The first-order valence-corrected chi connectivity index (χ1v) is 22.1. The van der Waals surface area contributed by atoms with Crippen LogP contribution in [0.2, 0.25) is 0 Å². The standard InChI is InChI=1S/C33H38N4O6.C10H12NO2S2.CH3NO2.Y/c1-19-10-22-16-34-25-14-30(29(41-4)13-24(25)32(39)36(22)17-19)43-9-7-5-6-8-42-28-15-26-23(12-21(28)3)33(40)37-18-20(2)11-27(37)31(38)35-26;1-10(2,7-13-8-12)15-14-9-5-3-4-6-11-9;1-2(3)4;/h12-18,22,27,31,38H,5-11H2,1-4H3,(H,35,40);3-6H,7H2,1-2H3;1H3;/q;-1;;/p-1/t22-,27-,31?;;;/m0.../s1. The number of carbonyl (C=O) groups is 2. The van der Waals surface area contributed by atoms with Crippen LogP contribution in [0.5, 0.6) is 17.2 Å². The molecule has 3 aromatic rings. The van der Waals surface area contributed by atoms with E-state index in [0.29, 0.717) is 66.0 Å². The summed E-state index contributed by atoms with van der Waals surface area (Å²) in [5.74, 6) is 1.48. The van der Waals surface area contributed by atoms with E-state index < -0.39 is 11.2 Å². The smallest absolute Gasteiger partial charge is 0.260 e. The third-order valence-electron chi connectivity index (χ3n) is 9.77. The molecule has 0 bridgehead atoms. The summed E-state index contributed by atoms with van der Waals surface area (Å²) in [6.45, 7) is 12.6. The minimum absolute atomic E-state index is 0. The third-order valence-corrected chi connectivity index (χ3v) is 13.0. The molecule has 0 spiro atoms. The molecule has 1 N–H and O–H groups in total. The largest absolute Gasteiger partial charge is 0.658 e. The van der Waals surface area contributed by atoms with Crippen molar-refractivity contribution in [3.63, 3.8) is 0 Å². The van der Waals surface area contributed by atoms with E-state index in [9.17, 15) is 19.5 Å². The van der Waals surface area contributed by atoms with Gasteiger partial charge in [-0.05, 0) is 113 Å². The van der Waals surface area contributed by atoms with Gasteiger partial charge in [0, 0.05) is 80.3 Å². The van der Waals surface area contributed by atoms with Gasteiger partial charge in [0.15, 0.2) is 18.5 Å². The van der Waals surface area contributed by atoms with E-state index in [1.54, 1.807) is 69.0 Å². The van der Waals surface area contributed by atoms with Crippen LogP contribution in [0, 0.1) is 17.0 Å². The number of aliphatic hydroxyl groups excluding tert-OH is 1. The Hall–Kier alpha value is -4.49. The Morgan fingerprint density at radius 1 is 0.952 bits per heavy atom. The van der Waals surface area contributed by atoms with Crippen LogP contribution in [-0.2, 0) is 42.2 Å². The number of fused-ring (bicyclic) bond motifs is 4. The molecule has 7 rings (SSSR count). The third kappa shape index (κ3) is 14.3. The molecule has 2 aromatic carbocycles. The zero-order valence-electron chi connectivity index (χ0n) is 36.4. The molecular weight excluding hydrogens is 926 g/mol. The molecule has 0 saturated heterocycles. The summed E-state index contributed by atoms with van der Waals surface area (Å²) in [6.07, 6.45) is 10.2. The van der Waals surface area contributed by atoms with Gasteiger partial charge in [-0.25, -0.2) is 4.98 Å². The average molecular weight is 978 g/mol. The fourth-order valence-electron chi connectivity index (χ4n) is 6.83. The van der Waals surface area contributed by atoms with Gasteiger partial charge in [0.05, 0.1) is 55.0 Å². The number of aliphatic hydroxyl groups is 1. The van der Waals surface area contributed by atoms with Crippen molar-refractivity contribution in [1.29, 1.82) is 0 Å². The molecule has 3 atom stereocenters. The van der Waals surface area contributed by atoms with Crippen LogP contribution in [-0.4, -0.2) is 106 Å². The topological polar surface area (TPSA) is 197 Å². The first-order chi connectivity index (χ1) is 29.6. The van der Waals surface area contributed by atoms with Crippen LogP contribution >= 0.6 is 21.6 Å². The molecule has 335 valence electrons. The fraction of sp³-hybridized carbons (Fsp3) is 0.432. The summed E-state index contributed by atoms with van der Waals surface area (Å²) in [5, 5.41) is 24.9. The van der Waals surface area contributed by atoms with E-state index in [0.717, 1.165) is 54.5 Å². The van der Waals surface area contributed by atoms with Gasteiger partial charge >= 0.3 is 0 Å². The van der Waals surface area contributed by atoms with Gasteiger partial charge in [-0.3, -0.25) is 24.7 Å². The number of aliphatic imine (C=N–C) groups is 1. The van der Waals surface area contributed by atoms with Gasteiger partial charge in [-0.2, -0.15) is 0 Å². The van der Waals surface area contributed by atoms with E-state index >= 15 is 0 Å². The minimum Gasteiger partial charge on any atom is -0.658 e. The van der Waals surface area contributed by atoms with Gasteiger partial charge in [0.25, 0.3) is 11.8 Å². The van der Waals surface area contributed by atoms with Crippen molar-refractivity contribution in [1.82, 2.24) is 14.8 Å². The average Bonchev–Trinajstić information content (AvgIpc) is 3.78. The molecule has 4 aliphatic heterocycles. The summed E-state index contributed by atoms with van der Waals surface area (Å²) in [6, 6.07) is 12.4. The van der Waals surface area contributed by atoms with E-state index in [-0.39, 0.29) is 61.4 Å². The summed E-state index contributed by atoms with van der Waals surface area (Å²) in [4.78, 5) is 56.7. The second-order valence-electron chi connectivity index (χ2n) is 15.6. The molecule has 1 aromatic heterocycles. The Labute approximate surface area is 401 Å². The molecule has 0 fully saturated rings. The summed E-state index contributed by atoms with van der Waals surface area (Å²) >= 11 is 0. The Morgan fingerprint density at radius 2 is 1.62 bits per heavy atom. The quantitative estimate of drug-likeness (QED) is 0.0501. The van der Waals surface area contributed by atoms with Crippen molar-refractivity contribution in [2.75, 3.05) is 34.0 Å². The molecule has 1 unspecified atom stereocenters. The van der Waals surface area contributed by atoms with Crippen molar-refractivity contribution < 1.29 is 76.1 Å². The predicted molar refractivity (Wildman–Crippen MR) is 239 cm³/mol. The fourth-order valence-corrected chi connectivity index (χ4v) is 8.86. The van der Waals surface area contributed by atoms with E-state index in [1.807, 2.05) is 71.4 Å². The number of nitro groups is 1. The first kappa shape index (κ1) is 51.2. The normalized spacial score (nSPS) is 18.1. The Bertz CT molecular complexity index is 2190. The van der Waals surface area contributed by atoms with Gasteiger partial charge in [-0.1, -0.05) is 34.5 Å². The number of pyridine rings is 1. The van der Waals surface area contributed by atoms with Crippen LogP contribution < -0.4 is 14.2 Å². The van der Waals surface area contributed by atoms with Crippen LogP contribution in [0.15, 0.2) is 82.2 Å². The maximum atomic E-state index is 13.2. The van der Waals surface area contributed by atoms with Gasteiger partial charge in [-0.15, -0.1) is 5.69 Å². The van der Waals surface area contributed by atoms with Gasteiger partial charge < -0.3 is 44.0 Å². The van der Waals surface area contributed by atoms with Crippen molar-refractivity contribution in [2.24, 2.45) is 4.99 Å². The molecule has 16 nitrogen and oxygen atoms in total. The number of hydrogen-bond donors (Lipinski definition) is 1. The molecule has 0 aliphatic carbocycles. The van der Waals surface area contributed by atoms with Crippen molar-refractivity contribution in [3.05, 3.63) is 104 Å². The number of ether oxygens (including phenoxy) is 4. The van der Waals surface area contributed by atoms with E-state index in [1.165, 1.54) is 6.47 Å². The zero-order chi connectivity index (χ0) is 45.0. The molecule has 19 heteroatoms. The Kier molecular flexibility index (Phi) is 19.5. The van der Waals surface area contributed by atoms with Gasteiger partial charge in [0.2, 0.25) is 0 Å². The molecular formula is C44H52N6O10S2Y-2. The van der Waals surface area contributed by atoms with Crippen molar-refractivity contribution in [3.8, 4) is 17.2 Å². The first-order valence-electron chi connectivity index (χ1n) is 20.0. The number of nitrogens with zero attached hydrogens (tertiary/aromatic N) is 6. The maximum absolute atomic E-state index is 13.2. The molecule has 63 heavy (non-hydrogen) atoms. The summed E-state index contributed by atoms with van der Waals surface area (Å²) in [7, 11) is 5.65. The molecule has 4 aliphatic rings. The molecule has 2 amide bonds. The van der Waals surface area contributed by atoms with Crippen LogP contribution in [0.3, 0.4) is 0 Å². The predicted octanol–water partition coefficient (Wildman–Crippen LogP) is 8.50. The zero-order valence-corrected chi connectivity index (χ0v) is 40.9. The number of rotatable bonds is 15. The van der Waals surface area contributed by atoms with Crippen molar-refractivity contribution in [2.45, 2.75) is 94.8 Å². The number of aryl methyl sites for hydroxylation is 1. The molecule has 1 radical (unpaired) electrons. The Morgan fingerprint density at radius 3 is 2.29 bits per heavy atom. The van der Waals surface area contributed by atoms with Crippen LogP contribution in [0.1, 0.15) is 86.1 Å². The number of methoxy groups -OCH3 is 1. The molecule has 5 heterocycles. The van der Waals surface area contributed by atoms with Crippen LogP contribution in [0.25, 0.3) is 5.32 Å².